The van der Waals surface area contributed by atoms with Crippen LogP contribution in [0.2, 0.25) is 5.02 Å². The van der Waals surface area contributed by atoms with Gasteiger partial charge in [-0.3, -0.25) is 9.59 Å². The molecule has 1 unspecified atom stereocenters. The summed E-state index contributed by atoms with van der Waals surface area (Å²) in [6.07, 6.45) is 0.0916. The van der Waals surface area contributed by atoms with E-state index in [9.17, 15) is 9.59 Å². The molecule has 134 valence electrons. The Morgan fingerprint density at radius 1 is 1.46 bits per heavy atom. The third-order valence-electron chi connectivity index (χ3n) is 3.94. The summed E-state index contributed by atoms with van der Waals surface area (Å²) in [6.45, 7) is 1.84. The van der Waals surface area contributed by atoms with Crippen molar-refractivity contribution in [1.29, 1.82) is 0 Å². The summed E-state index contributed by atoms with van der Waals surface area (Å²) in [4.78, 5) is 27.8. The van der Waals surface area contributed by atoms with Crippen molar-refractivity contribution in [3.05, 3.63) is 34.9 Å². The van der Waals surface area contributed by atoms with Gasteiger partial charge in [-0.25, -0.2) is 0 Å². The maximum atomic E-state index is 12.6. The van der Waals surface area contributed by atoms with E-state index in [0.717, 1.165) is 5.56 Å². The Bertz CT molecular complexity index is 571. The van der Waals surface area contributed by atoms with Gasteiger partial charge in [-0.2, -0.15) is 0 Å². The third-order valence-corrected chi connectivity index (χ3v) is 4.31. The van der Waals surface area contributed by atoms with Gasteiger partial charge in [0, 0.05) is 38.2 Å². The Kier molecular flexibility index (Phi) is 8.48. The summed E-state index contributed by atoms with van der Waals surface area (Å²) < 4.78 is 0. The van der Waals surface area contributed by atoms with E-state index in [1.807, 2.05) is 18.2 Å². The highest BCUT2D eigenvalue weighted by atomic mass is 35.5. The topological polar surface area (TPSA) is 72.9 Å². The molecule has 1 aliphatic rings. The first-order valence-corrected chi connectivity index (χ1v) is 8.01. The maximum absolute atomic E-state index is 12.6. The SMILES string of the molecule is CN(CCO)C(=O)CC1NCCN(Cc2ccccc2Cl)C1=O.Cl. The number of aliphatic hydroxyl groups is 1. The number of rotatable bonds is 6. The van der Waals surface area contributed by atoms with Gasteiger partial charge in [0.2, 0.25) is 11.8 Å². The first kappa shape index (κ1) is 20.7. The fourth-order valence-corrected chi connectivity index (χ4v) is 2.74. The van der Waals surface area contributed by atoms with E-state index < -0.39 is 6.04 Å². The molecular formula is C16H23Cl2N3O3. The van der Waals surface area contributed by atoms with Crippen LogP contribution in [-0.2, 0) is 16.1 Å². The molecule has 8 heteroatoms. The second kappa shape index (κ2) is 9.84. The molecule has 1 aromatic carbocycles. The number of carbonyl (C=O) groups excluding carboxylic acids is 2. The van der Waals surface area contributed by atoms with E-state index in [4.69, 9.17) is 16.7 Å². The minimum atomic E-state index is -0.528. The number of halogens is 2. The predicted octanol–water partition coefficient (Wildman–Crippen LogP) is 0.903. The van der Waals surface area contributed by atoms with E-state index in [1.54, 1.807) is 18.0 Å². The lowest BCUT2D eigenvalue weighted by atomic mass is 10.1. The van der Waals surface area contributed by atoms with Gasteiger partial charge in [0.15, 0.2) is 0 Å². The molecule has 1 saturated heterocycles. The summed E-state index contributed by atoms with van der Waals surface area (Å²) in [5, 5.41) is 12.6. The molecule has 1 heterocycles. The largest absolute Gasteiger partial charge is 0.395 e. The number of nitrogens with zero attached hydrogens (tertiary/aromatic N) is 2. The molecule has 1 fully saturated rings. The quantitative estimate of drug-likeness (QED) is 0.774. The summed E-state index contributed by atoms with van der Waals surface area (Å²) in [7, 11) is 1.62. The molecule has 0 saturated carbocycles. The number of nitrogens with one attached hydrogen (secondary N) is 1. The number of hydrogen-bond acceptors (Lipinski definition) is 4. The molecule has 24 heavy (non-hydrogen) atoms. The lowest BCUT2D eigenvalue weighted by Crippen LogP contribution is -2.56. The van der Waals surface area contributed by atoms with Crippen molar-refractivity contribution in [1.82, 2.24) is 15.1 Å². The standard InChI is InChI=1S/C16H22ClN3O3.ClH/c1-19(8-9-21)15(22)10-14-16(23)20(7-6-18-14)11-12-4-2-3-5-13(12)17;/h2-5,14,18,21H,6-11H2,1H3;1H. The fourth-order valence-electron chi connectivity index (χ4n) is 2.55. The van der Waals surface area contributed by atoms with Crippen LogP contribution in [0, 0.1) is 0 Å². The van der Waals surface area contributed by atoms with Crippen molar-refractivity contribution in [2.75, 3.05) is 33.3 Å². The Hall–Kier alpha value is -1.34. The number of carbonyl (C=O) groups is 2. The van der Waals surface area contributed by atoms with Crippen LogP contribution in [-0.4, -0.2) is 66.1 Å². The summed E-state index contributed by atoms with van der Waals surface area (Å²) in [6, 6.07) is 6.91. The molecule has 0 aromatic heterocycles. The normalized spacial score (nSPS) is 17.4. The number of likely N-dealkylation sites (N-methyl/N-ethyl adjacent to an activating group) is 1. The highest BCUT2D eigenvalue weighted by Crippen LogP contribution is 2.18. The minimum absolute atomic E-state index is 0. The van der Waals surface area contributed by atoms with Gasteiger partial charge in [-0.05, 0) is 11.6 Å². The van der Waals surface area contributed by atoms with Gasteiger partial charge < -0.3 is 20.2 Å². The van der Waals surface area contributed by atoms with Crippen LogP contribution in [0.1, 0.15) is 12.0 Å². The van der Waals surface area contributed by atoms with Gasteiger partial charge in [0.05, 0.1) is 19.1 Å². The second-order valence-corrected chi connectivity index (χ2v) is 6.01. The van der Waals surface area contributed by atoms with Crippen molar-refractivity contribution < 1.29 is 14.7 Å². The van der Waals surface area contributed by atoms with Crippen LogP contribution in [0.15, 0.2) is 24.3 Å². The van der Waals surface area contributed by atoms with E-state index in [0.29, 0.717) is 24.7 Å². The van der Waals surface area contributed by atoms with E-state index >= 15 is 0 Å². The van der Waals surface area contributed by atoms with Crippen LogP contribution in [0.3, 0.4) is 0 Å². The van der Waals surface area contributed by atoms with Crippen LogP contribution in [0.25, 0.3) is 0 Å². The minimum Gasteiger partial charge on any atom is -0.395 e. The molecule has 1 aromatic rings. The number of benzene rings is 1. The Labute approximate surface area is 153 Å². The first-order valence-electron chi connectivity index (χ1n) is 7.63. The lowest BCUT2D eigenvalue weighted by molar-refractivity contribution is -0.141. The first-order chi connectivity index (χ1) is 11.0. The summed E-state index contributed by atoms with van der Waals surface area (Å²) in [5.41, 5.74) is 0.895. The number of amides is 2. The average Bonchev–Trinajstić information content (AvgIpc) is 2.53. The van der Waals surface area contributed by atoms with E-state index in [1.165, 1.54) is 4.90 Å². The van der Waals surface area contributed by atoms with Gasteiger partial charge >= 0.3 is 0 Å². The molecule has 1 aliphatic heterocycles. The summed E-state index contributed by atoms with van der Waals surface area (Å²) in [5.74, 6) is -0.258. The zero-order valence-electron chi connectivity index (χ0n) is 13.6. The molecule has 2 amide bonds. The molecule has 1 atom stereocenters. The van der Waals surface area contributed by atoms with Crippen molar-refractivity contribution in [2.45, 2.75) is 19.0 Å². The molecule has 6 nitrogen and oxygen atoms in total. The van der Waals surface area contributed by atoms with Crippen molar-refractivity contribution in [2.24, 2.45) is 0 Å². The maximum Gasteiger partial charge on any atom is 0.240 e. The highest BCUT2D eigenvalue weighted by Gasteiger charge is 2.31. The molecule has 0 radical (unpaired) electrons. The van der Waals surface area contributed by atoms with E-state index in [-0.39, 0.29) is 43.8 Å². The molecular weight excluding hydrogens is 353 g/mol. The van der Waals surface area contributed by atoms with Crippen LogP contribution in [0.5, 0.6) is 0 Å². The number of hydrogen-bond donors (Lipinski definition) is 2. The average molecular weight is 376 g/mol. The Balaban J connectivity index is 0.00000288. The zero-order chi connectivity index (χ0) is 16.8. The molecule has 0 spiro atoms. The van der Waals surface area contributed by atoms with Gasteiger partial charge in [-0.1, -0.05) is 29.8 Å². The predicted molar refractivity (Wildman–Crippen MR) is 95.2 cm³/mol. The molecule has 0 bridgehead atoms. The van der Waals surface area contributed by atoms with Gasteiger partial charge in [0.1, 0.15) is 0 Å². The zero-order valence-corrected chi connectivity index (χ0v) is 15.1. The smallest absolute Gasteiger partial charge is 0.240 e. The van der Waals surface area contributed by atoms with Crippen LogP contribution < -0.4 is 5.32 Å². The molecule has 2 N–H and O–H groups in total. The van der Waals surface area contributed by atoms with Crippen molar-refractivity contribution in [3.63, 3.8) is 0 Å². The van der Waals surface area contributed by atoms with Gasteiger partial charge in [-0.15, -0.1) is 12.4 Å². The van der Waals surface area contributed by atoms with Crippen LogP contribution >= 0.6 is 24.0 Å². The third kappa shape index (κ3) is 5.34. The van der Waals surface area contributed by atoms with E-state index in [2.05, 4.69) is 5.32 Å². The lowest BCUT2D eigenvalue weighted by Gasteiger charge is -2.33. The van der Waals surface area contributed by atoms with Gasteiger partial charge in [0.25, 0.3) is 0 Å². The molecule has 2 rings (SSSR count). The Morgan fingerprint density at radius 2 is 2.17 bits per heavy atom. The second-order valence-electron chi connectivity index (χ2n) is 5.60. The Morgan fingerprint density at radius 3 is 2.83 bits per heavy atom. The van der Waals surface area contributed by atoms with Crippen LogP contribution in [0.4, 0.5) is 0 Å². The fraction of sp³-hybridized carbons (Fsp3) is 0.500. The molecule has 0 aliphatic carbocycles. The number of piperazine rings is 1. The highest BCUT2D eigenvalue weighted by molar-refractivity contribution is 6.31. The monoisotopic (exact) mass is 375 g/mol. The van der Waals surface area contributed by atoms with Crippen molar-refractivity contribution in [3.8, 4) is 0 Å². The summed E-state index contributed by atoms with van der Waals surface area (Å²) >= 11 is 6.15. The number of aliphatic hydroxyl groups excluding tert-OH is 1. The van der Waals surface area contributed by atoms with Crippen molar-refractivity contribution >= 4 is 35.8 Å².